The van der Waals surface area contributed by atoms with Crippen molar-refractivity contribution in [3.63, 3.8) is 0 Å². The number of halogens is 2. The Morgan fingerprint density at radius 2 is 2.10 bits per heavy atom. The van der Waals surface area contributed by atoms with Crippen LogP contribution >= 0.6 is 24.2 Å². The first-order chi connectivity index (χ1) is 4.63. The minimum Gasteiger partial charge on any atom is -0.205 e. The van der Waals surface area contributed by atoms with Crippen LogP contribution < -0.4 is 0 Å². The molecule has 0 aliphatic heterocycles. The van der Waals surface area contributed by atoms with E-state index in [1.54, 1.807) is 13.0 Å². The van der Waals surface area contributed by atoms with Crippen LogP contribution in [0.25, 0.3) is 0 Å². The van der Waals surface area contributed by atoms with Gasteiger partial charge in [0.15, 0.2) is 0 Å². The summed E-state index contributed by atoms with van der Waals surface area (Å²) in [6.07, 6.45) is 0. The van der Waals surface area contributed by atoms with Gasteiger partial charge in [0.2, 0.25) is 0 Å². The summed E-state index contributed by atoms with van der Waals surface area (Å²) in [6.45, 7) is 1.62. The molecule has 0 N–H and O–H groups in total. The van der Waals surface area contributed by atoms with E-state index in [1.165, 1.54) is 6.07 Å². The Morgan fingerprint density at radius 1 is 1.50 bits per heavy atom. The molecule has 0 radical (unpaired) electrons. The molecular formula is C7H6ClFS. The van der Waals surface area contributed by atoms with Crippen LogP contribution in [0.1, 0.15) is 5.56 Å². The second-order valence-electron chi connectivity index (χ2n) is 2.01. The van der Waals surface area contributed by atoms with E-state index in [-0.39, 0.29) is 5.82 Å². The van der Waals surface area contributed by atoms with E-state index >= 15 is 0 Å². The molecular weight excluding hydrogens is 171 g/mol. The highest BCUT2D eigenvalue weighted by molar-refractivity contribution is 7.80. The predicted octanol–water partition coefficient (Wildman–Crippen LogP) is 3.08. The van der Waals surface area contributed by atoms with Crippen LogP contribution in [0.15, 0.2) is 17.0 Å². The summed E-state index contributed by atoms with van der Waals surface area (Å²) < 4.78 is 12.8. The summed E-state index contributed by atoms with van der Waals surface area (Å²) in [5.41, 5.74) is 0.453. The molecule has 10 heavy (non-hydrogen) atoms. The van der Waals surface area contributed by atoms with Gasteiger partial charge in [-0.15, -0.1) is 12.6 Å². The zero-order valence-corrected chi connectivity index (χ0v) is 7.01. The van der Waals surface area contributed by atoms with Gasteiger partial charge in [-0.3, -0.25) is 0 Å². The van der Waals surface area contributed by atoms with E-state index in [0.29, 0.717) is 15.5 Å². The molecule has 0 nitrogen and oxygen atoms in total. The molecule has 0 heterocycles. The molecule has 0 saturated heterocycles. The molecule has 1 rings (SSSR count). The molecule has 0 amide bonds. The molecule has 1 aromatic carbocycles. The van der Waals surface area contributed by atoms with Crippen molar-refractivity contribution < 1.29 is 4.39 Å². The minimum atomic E-state index is -0.337. The van der Waals surface area contributed by atoms with Gasteiger partial charge in [0.25, 0.3) is 0 Å². The Hall–Kier alpha value is -0.210. The SMILES string of the molecule is Cc1c(Cl)ccc(S)c1F. The lowest BCUT2D eigenvalue weighted by Gasteiger charge is -2.00. The van der Waals surface area contributed by atoms with Crippen molar-refractivity contribution in [3.05, 3.63) is 28.5 Å². The number of benzene rings is 1. The first-order valence-corrected chi connectivity index (χ1v) is 3.59. The average Bonchev–Trinajstić information content (AvgIpc) is 1.93. The fourth-order valence-corrected chi connectivity index (χ4v) is 1.04. The third-order valence-electron chi connectivity index (χ3n) is 1.30. The van der Waals surface area contributed by atoms with Gasteiger partial charge in [-0.05, 0) is 19.1 Å². The molecule has 0 aliphatic rings. The first-order valence-electron chi connectivity index (χ1n) is 2.76. The van der Waals surface area contributed by atoms with Crippen LogP contribution in [0.2, 0.25) is 5.02 Å². The zero-order valence-electron chi connectivity index (χ0n) is 5.36. The van der Waals surface area contributed by atoms with E-state index in [1.807, 2.05) is 0 Å². The standard InChI is InChI=1S/C7H6ClFS/c1-4-5(8)2-3-6(10)7(4)9/h2-3,10H,1H3. The average molecular weight is 177 g/mol. The first kappa shape index (κ1) is 7.89. The topological polar surface area (TPSA) is 0 Å². The van der Waals surface area contributed by atoms with Crippen molar-refractivity contribution in [2.45, 2.75) is 11.8 Å². The van der Waals surface area contributed by atoms with Crippen LogP contribution in [0, 0.1) is 12.7 Å². The van der Waals surface area contributed by atoms with Gasteiger partial charge >= 0.3 is 0 Å². The predicted molar refractivity (Wildman–Crippen MR) is 43.4 cm³/mol. The van der Waals surface area contributed by atoms with E-state index in [4.69, 9.17) is 11.6 Å². The van der Waals surface area contributed by atoms with Gasteiger partial charge in [0, 0.05) is 15.5 Å². The van der Waals surface area contributed by atoms with Gasteiger partial charge in [0.1, 0.15) is 5.82 Å². The van der Waals surface area contributed by atoms with Crippen LogP contribution in [0.5, 0.6) is 0 Å². The lowest BCUT2D eigenvalue weighted by Crippen LogP contribution is -1.84. The lowest BCUT2D eigenvalue weighted by molar-refractivity contribution is 0.593. The number of rotatable bonds is 0. The summed E-state index contributed by atoms with van der Waals surface area (Å²) in [6, 6.07) is 3.16. The summed E-state index contributed by atoms with van der Waals surface area (Å²) in [7, 11) is 0. The van der Waals surface area contributed by atoms with Crippen molar-refractivity contribution >= 4 is 24.2 Å². The Bertz CT molecular complexity index is 233. The highest BCUT2D eigenvalue weighted by Gasteiger charge is 2.04. The molecule has 0 fully saturated rings. The van der Waals surface area contributed by atoms with E-state index in [2.05, 4.69) is 12.6 Å². The highest BCUT2D eigenvalue weighted by Crippen LogP contribution is 2.22. The molecule has 0 spiro atoms. The van der Waals surface area contributed by atoms with E-state index in [9.17, 15) is 4.39 Å². The third-order valence-corrected chi connectivity index (χ3v) is 2.05. The maximum Gasteiger partial charge on any atom is 0.140 e. The summed E-state index contributed by atoms with van der Waals surface area (Å²) in [5.74, 6) is -0.337. The Morgan fingerprint density at radius 3 is 2.60 bits per heavy atom. The van der Waals surface area contributed by atoms with Gasteiger partial charge in [-0.25, -0.2) is 4.39 Å². The molecule has 54 valence electrons. The molecule has 0 bridgehead atoms. The van der Waals surface area contributed by atoms with Crippen molar-refractivity contribution in [2.75, 3.05) is 0 Å². The molecule has 0 aromatic heterocycles. The van der Waals surface area contributed by atoms with Crippen LogP contribution in [-0.2, 0) is 0 Å². The fraction of sp³-hybridized carbons (Fsp3) is 0.143. The third kappa shape index (κ3) is 1.27. The zero-order chi connectivity index (χ0) is 7.72. The second kappa shape index (κ2) is 2.81. The van der Waals surface area contributed by atoms with Crippen molar-refractivity contribution in [3.8, 4) is 0 Å². The monoisotopic (exact) mass is 176 g/mol. The van der Waals surface area contributed by atoms with Gasteiger partial charge in [-0.1, -0.05) is 11.6 Å². The van der Waals surface area contributed by atoms with E-state index in [0.717, 1.165) is 0 Å². The Kier molecular flexibility index (Phi) is 2.21. The highest BCUT2D eigenvalue weighted by atomic mass is 35.5. The Labute approximate surface area is 69.4 Å². The molecule has 0 aliphatic carbocycles. The van der Waals surface area contributed by atoms with Gasteiger partial charge in [0.05, 0.1) is 0 Å². The molecule has 0 atom stereocenters. The summed E-state index contributed by atoms with van der Waals surface area (Å²) >= 11 is 9.49. The van der Waals surface area contributed by atoms with E-state index < -0.39 is 0 Å². The number of thiol groups is 1. The van der Waals surface area contributed by atoms with Crippen molar-refractivity contribution in [1.82, 2.24) is 0 Å². The van der Waals surface area contributed by atoms with Crippen LogP contribution in [0.3, 0.4) is 0 Å². The summed E-state index contributed by atoms with van der Waals surface area (Å²) in [4.78, 5) is 0.335. The normalized spacial score (nSPS) is 10.0. The van der Waals surface area contributed by atoms with Crippen LogP contribution in [0.4, 0.5) is 4.39 Å². The number of hydrogen-bond acceptors (Lipinski definition) is 1. The second-order valence-corrected chi connectivity index (χ2v) is 2.89. The minimum absolute atomic E-state index is 0.335. The fourth-order valence-electron chi connectivity index (χ4n) is 0.647. The summed E-state index contributed by atoms with van der Waals surface area (Å²) in [5, 5.41) is 0.440. The maximum absolute atomic E-state index is 12.8. The molecule has 3 heteroatoms. The van der Waals surface area contributed by atoms with Gasteiger partial charge < -0.3 is 0 Å². The smallest absolute Gasteiger partial charge is 0.140 e. The molecule has 0 unspecified atom stereocenters. The van der Waals surface area contributed by atoms with Crippen LogP contribution in [-0.4, -0.2) is 0 Å². The van der Waals surface area contributed by atoms with Gasteiger partial charge in [-0.2, -0.15) is 0 Å². The Balaban J connectivity index is 3.34. The van der Waals surface area contributed by atoms with Crippen molar-refractivity contribution in [2.24, 2.45) is 0 Å². The lowest BCUT2D eigenvalue weighted by atomic mass is 10.2. The quantitative estimate of drug-likeness (QED) is 0.577. The molecule has 0 saturated carbocycles. The molecule has 1 aromatic rings. The number of hydrogen-bond donors (Lipinski definition) is 1. The maximum atomic E-state index is 12.8. The largest absolute Gasteiger partial charge is 0.205 e. The van der Waals surface area contributed by atoms with Crippen molar-refractivity contribution in [1.29, 1.82) is 0 Å².